The molecule has 0 spiro atoms. The highest BCUT2D eigenvalue weighted by Crippen LogP contribution is 2.41. The lowest BCUT2D eigenvalue weighted by molar-refractivity contribution is 0.172. The predicted molar refractivity (Wildman–Crippen MR) is 48.9 cm³/mol. The SMILES string of the molecule is Oc1coc2c3c(ccc12)OCCO3. The summed E-state index contributed by atoms with van der Waals surface area (Å²) in [5, 5.41) is 10.1. The highest BCUT2D eigenvalue weighted by molar-refractivity contribution is 5.90. The number of hydrogen-bond acceptors (Lipinski definition) is 4. The lowest BCUT2D eigenvalue weighted by atomic mass is 10.2. The Balaban J connectivity index is 2.35. The molecule has 0 unspecified atom stereocenters. The molecule has 4 heteroatoms. The van der Waals surface area contributed by atoms with Gasteiger partial charge in [0.1, 0.15) is 19.5 Å². The maximum absolute atomic E-state index is 9.42. The number of benzene rings is 1. The van der Waals surface area contributed by atoms with Crippen LogP contribution in [0, 0.1) is 0 Å². The van der Waals surface area contributed by atoms with Crippen LogP contribution in [0.3, 0.4) is 0 Å². The van der Waals surface area contributed by atoms with Crippen molar-refractivity contribution in [1.29, 1.82) is 0 Å². The second-order valence-corrected chi connectivity index (χ2v) is 3.09. The average Bonchev–Trinajstić information content (AvgIpc) is 2.61. The second kappa shape index (κ2) is 2.57. The van der Waals surface area contributed by atoms with Gasteiger partial charge in [-0.3, -0.25) is 0 Å². The van der Waals surface area contributed by atoms with E-state index in [9.17, 15) is 5.11 Å². The maximum atomic E-state index is 9.42. The number of aromatic hydroxyl groups is 1. The Morgan fingerprint density at radius 2 is 2.00 bits per heavy atom. The monoisotopic (exact) mass is 192 g/mol. The van der Waals surface area contributed by atoms with Crippen molar-refractivity contribution < 1.29 is 19.0 Å². The van der Waals surface area contributed by atoms with Gasteiger partial charge in [0.2, 0.25) is 5.75 Å². The van der Waals surface area contributed by atoms with E-state index < -0.39 is 0 Å². The van der Waals surface area contributed by atoms with Gasteiger partial charge >= 0.3 is 0 Å². The molecule has 4 nitrogen and oxygen atoms in total. The molecule has 0 atom stereocenters. The Kier molecular flexibility index (Phi) is 1.39. The van der Waals surface area contributed by atoms with Crippen LogP contribution in [0.4, 0.5) is 0 Å². The van der Waals surface area contributed by atoms with Crippen LogP contribution in [0.1, 0.15) is 0 Å². The van der Waals surface area contributed by atoms with E-state index in [0.717, 1.165) is 0 Å². The van der Waals surface area contributed by atoms with E-state index in [0.29, 0.717) is 35.7 Å². The van der Waals surface area contributed by atoms with Gasteiger partial charge in [-0.25, -0.2) is 0 Å². The van der Waals surface area contributed by atoms with Crippen molar-refractivity contribution in [1.82, 2.24) is 0 Å². The second-order valence-electron chi connectivity index (χ2n) is 3.09. The molecule has 0 saturated heterocycles. The number of hydrogen-bond donors (Lipinski definition) is 1. The molecule has 0 fully saturated rings. The zero-order valence-electron chi connectivity index (χ0n) is 7.32. The summed E-state index contributed by atoms with van der Waals surface area (Å²) in [5.74, 6) is 1.36. The van der Waals surface area contributed by atoms with Crippen LogP contribution in [0.15, 0.2) is 22.8 Å². The fraction of sp³-hybridized carbons (Fsp3) is 0.200. The first-order valence-electron chi connectivity index (χ1n) is 4.35. The fourth-order valence-corrected chi connectivity index (χ4v) is 1.59. The van der Waals surface area contributed by atoms with Crippen molar-refractivity contribution in [2.24, 2.45) is 0 Å². The summed E-state index contributed by atoms with van der Waals surface area (Å²) in [5.41, 5.74) is 0.541. The normalized spacial score (nSPS) is 14.6. The van der Waals surface area contributed by atoms with Crippen molar-refractivity contribution in [3.05, 3.63) is 18.4 Å². The van der Waals surface area contributed by atoms with E-state index in [1.54, 1.807) is 12.1 Å². The molecule has 1 aromatic heterocycles. The highest BCUT2D eigenvalue weighted by Gasteiger charge is 2.18. The van der Waals surface area contributed by atoms with Crippen LogP contribution < -0.4 is 9.47 Å². The Morgan fingerprint density at radius 1 is 1.14 bits per heavy atom. The lowest BCUT2D eigenvalue weighted by Gasteiger charge is -2.17. The van der Waals surface area contributed by atoms with Gasteiger partial charge in [-0.2, -0.15) is 0 Å². The summed E-state index contributed by atoms with van der Waals surface area (Å²) in [6.07, 6.45) is 1.29. The average molecular weight is 192 g/mol. The van der Waals surface area contributed by atoms with Crippen molar-refractivity contribution in [2.45, 2.75) is 0 Å². The third kappa shape index (κ3) is 0.878. The Morgan fingerprint density at radius 3 is 2.93 bits per heavy atom. The smallest absolute Gasteiger partial charge is 0.205 e. The molecule has 0 bridgehead atoms. The van der Waals surface area contributed by atoms with E-state index >= 15 is 0 Å². The Hall–Kier alpha value is -1.84. The van der Waals surface area contributed by atoms with Gasteiger partial charge in [-0.1, -0.05) is 0 Å². The van der Waals surface area contributed by atoms with E-state index in [1.165, 1.54) is 6.26 Å². The molecule has 1 N–H and O–H groups in total. The fourth-order valence-electron chi connectivity index (χ4n) is 1.59. The molecule has 1 aromatic carbocycles. The Bertz CT molecular complexity index is 486. The zero-order chi connectivity index (χ0) is 9.54. The molecule has 14 heavy (non-hydrogen) atoms. The minimum Gasteiger partial charge on any atom is -0.504 e. The molecule has 1 aliphatic heterocycles. The first-order chi connectivity index (χ1) is 6.86. The van der Waals surface area contributed by atoms with Crippen LogP contribution in [0.25, 0.3) is 11.0 Å². The standard InChI is InChI=1S/C10H8O4/c11-7-5-14-9-6(7)1-2-8-10(9)13-4-3-12-8/h1-2,5,11H,3-4H2. The van der Waals surface area contributed by atoms with Crippen molar-refractivity contribution in [3.8, 4) is 17.2 Å². The van der Waals surface area contributed by atoms with Crippen molar-refractivity contribution in [2.75, 3.05) is 13.2 Å². The maximum Gasteiger partial charge on any atom is 0.205 e. The van der Waals surface area contributed by atoms with Gasteiger partial charge in [0, 0.05) is 0 Å². The first kappa shape index (κ1) is 7.55. The summed E-state index contributed by atoms with van der Waals surface area (Å²) in [6.45, 7) is 1.05. The molecule has 0 radical (unpaired) electrons. The summed E-state index contributed by atoms with van der Waals surface area (Å²) >= 11 is 0. The molecule has 72 valence electrons. The van der Waals surface area contributed by atoms with Gasteiger partial charge in [0.05, 0.1) is 5.39 Å². The molecule has 2 aromatic rings. The third-order valence-corrected chi connectivity index (χ3v) is 2.23. The summed E-state index contributed by atoms with van der Waals surface area (Å²) in [7, 11) is 0. The molecule has 2 heterocycles. The first-order valence-corrected chi connectivity index (χ1v) is 4.35. The van der Waals surface area contributed by atoms with Crippen LogP contribution >= 0.6 is 0 Å². The minimum atomic E-state index is 0.122. The number of furan rings is 1. The molecule has 1 aliphatic rings. The van der Waals surface area contributed by atoms with Crippen LogP contribution in [-0.4, -0.2) is 18.3 Å². The van der Waals surface area contributed by atoms with Crippen molar-refractivity contribution >= 4 is 11.0 Å². The van der Waals surface area contributed by atoms with E-state index in [1.807, 2.05) is 0 Å². The molecule has 0 amide bonds. The van der Waals surface area contributed by atoms with Gasteiger partial charge in [0.25, 0.3) is 0 Å². The zero-order valence-corrected chi connectivity index (χ0v) is 7.32. The quantitative estimate of drug-likeness (QED) is 0.692. The van der Waals surface area contributed by atoms with Crippen LogP contribution in [0.2, 0.25) is 0 Å². The van der Waals surface area contributed by atoms with Gasteiger partial charge in [-0.05, 0) is 12.1 Å². The molecular weight excluding hydrogens is 184 g/mol. The van der Waals surface area contributed by atoms with Gasteiger partial charge in [0.15, 0.2) is 17.1 Å². The highest BCUT2D eigenvalue weighted by atomic mass is 16.6. The summed E-state index contributed by atoms with van der Waals surface area (Å²) in [4.78, 5) is 0. The predicted octanol–water partition coefficient (Wildman–Crippen LogP) is 1.91. The largest absolute Gasteiger partial charge is 0.504 e. The molecule has 0 aliphatic carbocycles. The number of ether oxygens (including phenoxy) is 2. The van der Waals surface area contributed by atoms with Crippen molar-refractivity contribution in [3.63, 3.8) is 0 Å². The summed E-state index contributed by atoms with van der Waals surface area (Å²) in [6, 6.07) is 3.52. The van der Waals surface area contributed by atoms with E-state index in [2.05, 4.69) is 0 Å². The topological polar surface area (TPSA) is 51.8 Å². The lowest BCUT2D eigenvalue weighted by Crippen LogP contribution is -2.15. The molecule has 3 rings (SSSR count). The van der Waals surface area contributed by atoms with Crippen LogP contribution in [-0.2, 0) is 0 Å². The van der Waals surface area contributed by atoms with Gasteiger partial charge in [-0.15, -0.1) is 0 Å². The van der Waals surface area contributed by atoms with E-state index in [-0.39, 0.29) is 5.75 Å². The number of rotatable bonds is 0. The van der Waals surface area contributed by atoms with E-state index in [4.69, 9.17) is 13.9 Å². The molecular formula is C10H8O4. The molecule has 0 saturated carbocycles. The van der Waals surface area contributed by atoms with Crippen LogP contribution in [0.5, 0.6) is 17.2 Å². The minimum absolute atomic E-state index is 0.122. The number of fused-ring (bicyclic) bond motifs is 3. The summed E-state index contributed by atoms with van der Waals surface area (Å²) < 4.78 is 16.0. The van der Waals surface area contributed by atoms with Gasteiger partial charge < -0.3 is 19.0 Å². The third-order valence-electron chi connectivity index (χ3n) is 2.23. The Labute approximate surface area is 79.7 Å².